The number of fused-ring (bicyclic) bond motifs is 1. The standard InChI is InChI=1S/C21H16FN3O2/c1-2-3-4-9-26-21-12-19-16(10-14(21)13-23)20(7-8-25-19)27-15-5-6-18(24)17(22)11-15/h1,5-8,10-12H,3-4,9,24H2. The zero-order valence-electron chi connectivity index (χ0n) is 14.4. The quantitative estimate of drug-likeness (QED) is 0.399. The number of hydrogen-bond donors (Lipinski definition) is 1. The number of ether oxygens (including phenoxy) is 2. The van der Waals surface area contributed by atoms with Gasteiger partial charge in [0.15, 0.2) is 0 Å². The van der Waals surface area contributed by atoms with Gasteiger partial charge >= 0.3 is 0 Å². The van der Waals surface area contributed by atoms with E-state index in [4.69, 9.17) is 21.6 Å². The van der Waals surface area contributed by atoms with Crippen LogP contribution in [0.5, 0.6) is 17.2 Å². The van der Waals surface area contributed by atoms with E-state index >= 15 is 0 Å². The van der Waals surface area contributed by atoms with Crippen molar-refractivity contribution in [3.05, 3.63) is 54.0 Å². The van der Waals surface area contributed by atoms with E-state index in [1.807, 2.05) is 0 Å². The molecule has 3 rings (SSSR count). The molecule has 0 bridgehead atoms. The average Bonchev–Trinajstić information content (AvgIpc) is 2.68. The number of halogens is 1. The van der Waals surface area contributed by atoms with Crippen LogP contribution in [-0.4, -0.2) is 11.6 Å². The van der Waals surface area contributed by atoms with Gasteiger partial charge in [-0.2, -0.15) is 5.26 Å². The largest absolute Gasteiger partial charge is 0.492 e. The lowest BCUT2D eigenvalue weighted by Crippen LogP contribution is -1.99. The number of anilines is 1. The summed E-state index contributed by atoms with van der Waals surface area (Å²) in [5.41, 5.74) is 6.47. The zero-order chi connectivity index (χ0) is 19.2. The molecule has 2 aromatic carbocycles. The SMILES string of the molecule is C#CCCCOc1cc2nccc(Oc3ccc(N)c(F)c3)c2cc1C#N. The Morgan fingerprint density at radius 1 is 1.19 bits per heavy atom. The van der Waals surface area contributed by atoms with Gasteiger partial charge in [0.05, 0.1) is 23.4 Å². The first-order valence-corrected chi connectivity index (χ1v) is 8.24. The molecule has 5 nitrogen and oxygen atoms in total. The van der Waals surface area contributed by atoms with Gasteiger partial charge in [0.25, 0.3) is 0 Å². The minimum atomic E-state index is -0.564. The second-order valence-corrected chi connectivity index (χ2v) is 5.73. The highest BCUT2D eigenvalue weighted by molar-refractivity contribution is 5.88. The molecule has 0 radical (unpaired) electrons. The highest BCUT2D eigenvalue weighted by atomic mass is 19.1. The number of nitrogen functional groups attached to an aromatic ring is 1. The van der Waals surface area contributed by atoms with Gasteiger partial charge in [-0.15, -0.1) is 12.3 Å². The lowest BCUT2D eigenvalue weighted by atomic mass is 10.1. The molecule has 0 amide bonds. The van der Waals surface area contributed by atoms with E-state index in [-0.39, 0.29) is 5.69 Å². The van der Waals surface area contributed by atoms with Crippen molar-refractivity contribution in [1.82, 2.24) is 4.98 Å². The molecule has 0 unspecified atom stereocenters. The molecular weight excluding hydrogens is 345 g/mol. The first-order valence-electron chi connectivity index (χ1n) is 8.24. The third-order valence-corrected chi connectivity index (χ3v) is 3.85. The number of terminal acetylenes is 1. The molecule has 27 heavy (non-hydrogen) atoms. The monoisotopic (exact) mass is 361 g/mol. The van der Waals surface area contributed by atoms with Gasteiger partial charge in [-0.25, -0.2) is 4.39 Å². The van der Waals surface area contributed by atoms with E-state index < -0.39 is 5.82 Å². The molecule has 0 spiro atoms. The fourth-order valence-corrected chi connectivity index (χ4v) is 2.50. The number of benzene rings is 2. The van der Waals surface area contributed by atoms with Gasteiger partial charge in [-0.3, -0.25) is 4.98 Å². The Morgan fingerprint density at radius 3 is 2.78 bits per heavy atom. The van der Waals surface area contributed by atoms with E-state index in [9.17, 15) is 9.65 Å². The average molecular weight is 361 g/mol. The number of nitriles is 1. The molecule has 0 aliphatic rings. The van der Waals surface area contributed by atoms with Crippen molar-refractivity contribution in [2.75, 3.05) is 12.3 Å². The maximum Gasteiger partial charge on any atom is 0.149 e. The fraction of sp³-hybridized carbons (Fsp3) is 0.143. The van der Waals surface area contributed by atoms with E-state index in [2.05, 4.69) is 17.0 Å². The van der Waals surface area contributed by atoms with Gasteiger partial charge in [-0.1, -0.05) is 0 Å². The topological polar surface area (TPSA) is 81.2 Å². The van der Waals surface area contributed by atoms with Gasteiger partial charge < -0.3 is 15.2 Å². The van der Waals surface area contributed by atoms with Gasteiger partial charge in [0.1, 0.15) is 29.1 Å². The van der Waals surface area contributed by atoms with Crippen LogP contribution in [0, 0.1) is 29.5 Å². The minimum Gasteiger partial charge on any atom is -0.492 e. The summed E-state index contributed by atoms with van der Waals surface area (Å²) in [5.74, 6) is 3.15. The summed E-state index contributed by atoms with van der Waals surface area (Å²) in [4.78, 5) is 4.30. The molecule has 0 aliphatic heterocycles. The Labute approximate surface area is 156 Å². The summed E-state index contributed by atoms with van der Waals surface area (Å²) in [6.45, 7) is 0.408. The zero-order valence-corrected chi connectivity index (χ0v) is 14.4. The Bertz CT molecular complexity index is 1070. The molecule has 0 saturated heterocycles. The first kappa shape index (κ1) is 18.0. The third-order valence-electron chi connectivity index (χ3n) is 3.85. The van der Waals surface area contributed by atoms with Crippen LogP contribution in [0.2, 0.25) is 0 Å². The summed E-state index contributed by atoms with van der Waals surface area (Å²) in [7, 11) is 0. The molecule has 2 N–H and O–H groups in total. The highest BCUT2D eigenvalue weighted by Crippen LogP contribution is 2.33. The maximum atomic E-state index is 13.7. The van der Waals surface area contributed by atoms with E-state index in [0.29, 0.717) is 53.2 Å². The maximum absolute atomic E-state index is 13.7. The molecule has 0 saturated carbocycles. The smallest absolute Gasteiger partial charge is 0.149 e. The first-order chi connectivity index (χ1) is 13.1. The normalized spacial score (nSPS) is 10.2. The Balaban J connectivity index is 1.94. The Hall–Kier alpha value is -3.77. The van der Waals surface area contributed by atoms with Crippen molar-refractivity contribution in [1.29, 1.82) is 5.26 Å². The van der Waals surface area contributed by atoms with Crippen LogP contribution < -0.4 is 15.2 Å². The van der Waals surface area contributed by atoms with Gasteiger partial charge in [0.2, 0.25) is 0 Å². The van der Waals surface area contributed by atoms with Crippen LogP contribution >= 0.6 is 0 Å². The number of pyridine rings is 1. The summed E-state index contributed by atoms with van der Waals surface area (Å²) in [6.07, 6.45) is 8.09. The van der Waals surface area contributed by atoms with Crippen LogP contribution in [0.15, 0.2) is 42.6 Å². The second-order valence-electron chi connectivity index (χ2n) is 5.73. The lowest BCUT2D eigenvalue weighted by molar-refractivity contribution is 0.312. The molecule has 0 aliphatic carbocycles. The summed E-state index contributed by atoms with van der Waals surface area (Å²) in [6, 6.07) is 11.3. The molecule has 3 aromatic rings. The number of nitrogens with two attached hydrogens (primary N) is 1. The van der Waals surface area contributed by atoms with Crippen LogP contribution in [0.1, 0.15) is 18.4 Å². The van der Waals surface area contributed by atoms with Crippen LogP contribution in [-0.2, 0) is 0 Å². The summed E-state index contributed by atoms with van der Waals surface area (Å²) in [5, 5.41) is 10.1. The lowest BCUT2D eigenvalue weighted by Gasteiger charge is -2.12. The number of rotatable bonds is 6. The van der Waals surface area contributed by atoms with E-state index in [0.717, 1.165) is 0 Å². The molecule has 0 atom stereocenters. The van der Waals surface area contributed by atoms with Crippen molar-refractivity contribution < 1.29 is 13.9 Å². The van der Waals surface area contributed by atoms with Crippen molar-refractivity contribution >= 4 is 16.6 Å². The van der Waals surface area contributed by atoms with E-state index in [1.54, 1.807) is 30.5 Å². The predicted molar refractivity (Wildman–Crippen MR) is 101 cm³/mol. The molecular formula is C21H16FN3O2. The summed E-state index contributed by atoms with van der Waals surface area (Å²) < 4.78 is 25.1. The van der Waals surface area contributed by atoms with Crippen molar-refractivity contribution in [2.45, 2.75) is 12.8 Å². The molecule has 1 aromatic heterocycles. The molecule has 6 heteroatoms. The van der Waals surface area contributed by atoms with Crippen molar-refractivity contribution in [3.63, 3.8) is 0 Å². The van der Waals surface area contributed by atoms with Gasteiger partial charge in [-0.05, 0) is 30.7 Å². The summed E-state index contributed by atoms with van der Waals surface area (Å²) >= 11 is 0. The van der Waals surface area contributed by atoms with Crippen molar-refractivity contribution in [2.24, 2.45) is 0 Å². The minimum absolute atomic E-state index is 0.0420. The highest BCUT2D eigenvalue weighted by Gasteiger charge is 2.12. The fourth-order valence-electron chi connectivity index (χ4n) is 2.50. The third kappa shape index (κ3) is 4.08. The van der Waals surface area contributed by atoms with Crippen LogP contribution in [0.3, 0.4) is 0 Å². The van der Waals surface area contributed by atoms with Crippen LogP contribution in [0.4, 0.5) is 10.1 Å². The number of hydrogen-bond acceptors (Lipinski definition) is 5. The molecule has 134 valence electrons. The van der Waals surface area contributed by atoms with Gasteiger partial charge in [0, 0.05) is 30.1 Å². The number of unbranched alkanes of at least 4 members (excludes halogenated alkanes) is 1. The van der Waals surface area contributed by atoms with Crippen LogP contribution in [0.25, 0.3) is 10.9 Å². The Morgan fingerprint density at radius 2 is 2.04 bits per heavy atom. The molecule has 1 heterocycles. The van der Waals surface area contributed by atoms with E-state index in [1.165, 1.54) is 12.1 Å². The second kappa shape index (κ2) is 8.07. The van der Waals surface area contributed by atoms with Crippen molar-refractivity contribution in [3.8, 4) is 35.7 Å². The number of nitrogens with zero attached hydrogens (tertiary/aromatic N) is 2. The Kier molecular flexibility index (Phi) is 5.39. The predicted octanol–water partition coefficient (Wildman–Crippen LogP) is 4.41. The number of aromatic nitrogens is 1. The molecule has 0 fully saturated rings.